The van der Waals surface area contributed by atoms with Gasteiger partial charge in [-0.2, -0.15) is 0 Å². The van der Waals surface area contributed by atoms with E-state index in [1.807, 2.05) is 0 Å². The first-order valence-electron chi connectivity index (χ1n) is 14.8. The maximum atomic E-state index is 2.79. The van der Waals surface area contributed by atoms with Crippen LogP contribution in [0.25, 0.3) is 0 Å². The summed E-state index contributed by atoms with van der Waals surface area (Å²) in [5.74, 6) is 0. The van der Waals surface area contributed by atoms with Gasteiger partial charge in [0.1, 0.15) is 0 Å². The van der Waals surface area contributed by atoms with Crippen LogP contribution in [-0.4, -0.2) is 27.5 Å². The molecule has 0 bridgehead atoms. The Morgan fingerprint density at radius 3 is 0.816 bits per heavy atom. The predicted molar refractivity (Wildman–Crippen MR) is 179 cm³/mol. The molecule has 2 fully saturated rings. The predicted octanol–water partition coefficient (Wildman–Crippen LogP) is 8.14. The molecule has 2 aliphatic heterocycles. The molecule has 194 valence electrons. The molecule has 0 aliphatic carbocycles. The number of benzene rings is 4. The zero-order chi connectivity index (χ0) is 26.0. The van der Waals surface area contributed by atoms with Gasteiger partial charge in [-0.3, -0.25) is 0 Å². The summed E-state index contributed by atoms with van der Waals surface area (Å²) in [5.41, 5.74) is 9.48. The fourth-order valence-electron chi connectivity index (χ4n) is 8.64. The van der Waals surface area contributed by atoms with Gasteiger partial charge in [-0.25, -0.2) is 0 Å². The Bertz CT molecular complexity index is 1110. The van der Waals surface area contributed by atoms with Crippen molar-refractivity contribution >= 4 is 29.4 Å². The molecule has 4 aromatic carbocycles. The van der Waals surface area contributed by atoms with Crippen LogP contribution in [0.1, 0.15) is 70.6 Å². The second-order valence-corrected chi connectivity index (χ2v) is 22.3. The third-order valence-corrected chi connectivity index (χ3v) is 22.7. The summed E-state index contributed by atoms with van der Waals surface area (Å²) < 4.78 is 0. The van der Waals surface area contributed by atoms with Crippen molar-refractivity contribution < 1.29 is 0 Å². The van der Waals surface area contributed by atoms with Crippen molar-refractivity contribution in [2.45, 2.75) is 48.3 Å². The van der Waals surface area contributed by atoms with E-state index in [9.17, 15) is 0 Å². The summed E-state index contributed by atoms with van der Waals surface area (Å²) in [6, 6.07) is 46.3. The fraction of sp³-hybridized carbons (Fsp3) is 0.294. The van der Waals surface area contributed by atoms with Gasteiger partial charge in [-0.05, 0) is 0 Å². The average molecular weight is 534 g/mol. The molecule has 38 heavy (non-hydrogen) atoms. The van der Waals surface area contributed by atoms with Crippen molar-refractivity contribution in [2.75, 3.05) is 12.3 Å². The molecule has 2 aliphatic rings. The van der Waals surface area contributed by atoms with Crippen LogP contribution >= 0.6 is 14.3 Å². The van der Waals surface area contributed by atoms with Crippen molar-refractivity contribution in [3.8, 4) is 0 Å². The van der Waals surface area contributed by atoms with E-state index in [0.717, 1.165) is 22.6 Å². The van der Waals surface area contributed by atoms with Gasteiger partial charge in [0.25, 0.3) is 0 Å². The van der Waals surface area contributed by atoms with Crippen LogP contribution in [0.4, 0.5) is 0 Å². The standard InChI is InChI=1S/C34H42B2P2/c35-37(31(27-13-5-1-6-14-27)21-22-32(37)28-15-7-2-8-16-28)25-26-38(36)33(29-17-9-3-10-18-29)23-24-34(38)30-19-11-4-12-20-30/h1-20,31-34,37-38H,21-26,35-36H2/t31-,32-,33-,34?/m1/s1. The SMILES string of the molecule is B[PH]1(CC[PH]2(B)[C@@H](c3ccccc3)CC[C@@H]2c2ccccc2)C(c2ccccc2)CC[C@@H]1c1ccccc1. The molecule has 4 heteroatoms. The van der Waals surface area contributed by atoms with Crippen LogP contribution < -0.4 is 0 Å². The number of hydrogen-bond donors (Lipinski definition) is 0. The Kier molecular flexibility index (Phi) is 7.67. The third-order valence-electron chi connectivity index (χ3n) is 10.7. The van der Waals surface area contributed by atoms with Crippen molar-refractivity contribution in [3.05, 3.63) is 144 Å². The van der Waals surface area contributed by atoms with E-state index < -0.39 is 14.3 Å². The van der Waals surface area contributed by atoms with Gasteiger partial charge in [0.05, 0.1) is 0 Å². The summed E-state index contributed by atoms with van der Waals surface area (Å²) in [7, 11) is 2.24. The molecular formula is C34H42B2P2. The van der Waals surface area contributed by atoms with E-state index in [1.165, 1.54) is 38.0 Å². The Hall–Kier alpha value is -2.13. The van der Waals surface area contributed by atoms with Gasteiger partial charge in [-0.1, -0.05) is 0 Å². The molecule has 0 radical (unpaired) electrons. The molecule has 2 saturated heterocycles. The van der Waals surface area contributed by atoms with Crippen LogP contribution in [0, 0.1) is 0 Å². The van der Waals surface area contributed by atoms with Crippen molar-refractivity contribution in [2.24, 2.45) is 0 Å². The van der Waals surface area contributed by atoms with Gasteiger partial charge in [0.15, 0.2) is 0 Å². The molecule has 0 nitrogen and oxygen atoms in total. The fourth-order valence-corrected chi connectivity index (χ4v) is 22.4. The van der Waals surface area contributed by atoms with Crippen molar-refractivity contribution in [3.63, 3.8) is 0 Å². The topological polar surface area (TPSA) is 0 Å². The average Bonchev–Trinajstić information content (AvgIpc) is 3.51. The summed E-state index contributed by atoms with van der Waals surface area (Å²) in [6.07, 6.45) is 8.34. The molecule has 1 unspecified atom stereocenters. The maximum absolute atomic E-state index is 2.79. The quantitative estimate of drug-likeness (QED) is 0.166. The summed E-state index contributed by atoms with van der Waals surface area (Å²) in [6.45, 7) is 0. The molecule has 6 rings (SSSR count). The molecule has 2 heterocycles. The minimum absolute atomic E-state index is 0.762. The van der Waals surface area contributed by atoms with Crippen LogP contribution in [-0.2, 0) is 0 Å². The Morgan fingerprint density at radius 2 is 0.605 bits per heavy atom. The molecule has 0 amide bonds. The molecule has 4 atom stereocenters. The molecule has 0 aromatic heterocycles. The van der Waals surface area contributed by atoms with Crippen LogP contribution in [0.5, 0.6) is 0 Å². The minimum atomic E-state index is -1.67. The molecule has 4 aromatic rings. The Balaban J connectivity index is 1.38. The number of rotatable bonds is 7. The second-order valence-electron chi connectivity index (χ2n) is 12.5. The van der Waals surface area contributed by atoms with Crippen LogP contribution in [0.2, 0.25) is 0 Å². The third kappa shape index (κ3) is 4.85. The first-order chi connectivity index (χ1) is 18.6. The Labute approximate surface area is 233 Å². The second kappa shape index (κ2) is 11.2. The van der Waals surface area contributed by atoms with Gasteiger partial charge in [-0.15, -0.1) is 0 Å². The zero-order valence-electron chi connectivity index (χ0n) is 23.1. The van der Waals surface area contributed by atoms with E-state index in [-0.39, 0.29) is 0 Å². The van der Waals surface area contributed by atoms with Crippen molar-refractivity contribution in [1.29, 1.82) is 0 Å². The van der Waals surface area contributed by atoms with E-state index >= 15 is 0 Å². The van der Waals surface area contributed by atoms with Gasteiger partial charge in [0, 0.05) is 0 Å². The molecule has 0 spiro atoms. The molecule has 0 saturated carbocycles. The summed E-state index contributed by atoms with van der Waals surface area (Å²) in [4.78, 5) is 0. The van der Waals surface area contributed by atoms with Crippen molar-refractivity contribution in [1.82, 2.24) is 0 Å². The normalized spacial score (nSPS) is 27.5. The monoisotopic (exact) mass is 534 g/mol. The molecular weight excluding hydrogens is 492 g/mol. The Morgan fingerprint density at radius 1 is 0.395 bits per heavy atom. The van der Waals surface area contributed by atoms with Gasteiger partial charge < -0.3 is 0 Å². The zero-order valence-corrected chi connectivity index (χ0v) is 25.1. The van der Waals surface area contributed by atoms with Crippen LogP contribution in [0.15, 0.2) is 121 Å². The molecule has 0 N–H and O–H groups in total. The van der Waals surface area contributed by atoms with E-state index in [1.54, 1.807) is 22.3 Å². The van der Waals surface area contributed by atoms with E-state index in [2.05, 4.69) is 136 Å². The van der Waals surface area contributed by atoms with Gasteiger partial charge >= 0.3 is 234 Å². The first-order valence-corrected chi connectivity index (χ1v) is 20.5. The number of hydrogen-bond acceptors (Lipinski definition) is 0. The van der Waals surface area contributed by atoms with Crippen LogP contribution in [0.3, 0.4) is 0 Å². The summed E-state index contributed by atoms with van der Waals surface area (Å²) in [5, 5.41) is 0. The van der Waals surface area contributed by atoms with E-state index in [0.29, 0.717) is 0 Å². The van der Waals surface area contributed by atoms with E-state index in [4.69, 9.17) is 0 Å². The first kappa shape index (κ1) is 26.1. The summed E-state index contributed by atoms with van der Waals surface area (Å²) >= 11 is 0. The van der Waals surface area contributed by atoms with Gasteiger partial charge in [0.2, 0.25) is 0 Å².